The minimum Gasteiger partial charge on any atom is -0.360 e. The molecule has 0 fully saturated rings. The highest BCUT2D eigenvalue weighted by molar-refractivity contribution is 7.89. The summed E-state index contributed by atoms with van der Waals surface area (Å²) in [6.07, 6.45) is 1.55. The first-order chi connectivity index (χ1) is 11.3. The van der Waals surface area contributed by atoms with Crippen LogP contribution >= 0.6 is 11.3 Å². The second kappa shape index (κ2) is 7.13. The third kappa shape index (κ3) is 3.82. The van der Waals surface area contributed by atoms with Gasteiger partial charge >= 0.3 is 0 Å². The molecule has 0 aliphatic carbocycles. The first kappa shape index (κ1) is 18.1. The molecule has 0 atom stereocenters. The Hall–Kier alpha value is -2.21. The van der Waals surface area contributed by atoms with Gasteiger partial charge in [-0.05, 0) is 31.5 Å². The average molecular weight is 362 g/mol. The Labute approximate surface area is 146 Å². The van der Waals surface area contributed by atoms with E-state index in [9.17, 15) is 13.7 Å². The zero-order valence-electron chi connectivity index (χ0n) is 13.9. The van der Waals surface area contributed by atoms with Crippen LogP contribution in [-0.4, -0.2) is 31.8 Å². The SMILES string of the molecule is Cc1csc(/C(C#N)=C/Nc2cc(S(=O)(=O)N(C)C)ccc2C)n1. The van der Waals surface area contributed by atoms with Gasteiger partial charge in [0, 0.05) is 37.1 Å². The fourth-order valence-electron chi connectivity index (χ4n) is 1.90. The molecule has 126 valence electrons. The van der Waals surface area contributed by atoms with E-state index in [0.717, 1.165) is 15.6 Å². The lowest BCUT2D eigenvalue weighted by Crippen LogP contribution is -2.22. The second-order valence-corrected chi connectivity index (χ2v) is 8.38. The average Bonchev–Trinajstić information content (AvgIpc) is 2.95. The summed E-state index contributed by atoms with van der Waals surface area (Å²) in [5.41, 5.74) is 2.75. The van der Waals surface area contributed by atoms with E-state index < -0.39 is 10.0 Å². The van der Waals surface area contributed by atoms with Crippen LogP contribution in [0.25, 0.3) is 5.57 Å². The first-order valence-electron chi connectivity index (χ1n) is 7.08. The van der Waals surface area contributed by atoms with Crippen LogP contribution in [0.15, 0.2) is 34.7 Å². The highest BCUT2D eigenvalue weighted by atomic mass is 32.2. The molecule has 24 heavy (non-hydrogen) atoms. The Kier molecular flexibility index (Phi) is 5.39. The molecule has 0 radical (unpaired) electrons. The first-order valence-corrected chi connectivity index (χ1v) is 9.40. The van der Waals surface area contributed by atoms with Crippen LogP contribution in [0, 0.1) is 25.2 Å². The largest absolute Gasteiger partial charge is 0.360 e. The smallest absolute Gasteiger partial charge is 0.242 e. The van der Waals surface area contributed by atoms with Gasteiger partial charge in [0.05, 0.1) is 4.90 Å². The Morgan fingerprint density at radius 3 is 2.62 bits per heavy atom. The van der Waals surface area contributed by atoms with E-state index in [1.54, 1.807) is 24.4 Å². The molecular weight excluding hydrogens is 344 g/mol. The van der Waals surface area contributed by atoms with E-state index >= 15 is 0 Å². The summed E-state index contributed by atoms with van der Waals surface area (Å²) in [4.78, 5) is 4.47. The van der Waals surface area contributed by atoms with Gasteiger partial charge in [0.25, 0.3) is 0 Å². The number of rotatable bonds is 5. The van der Waals surface area contributed by atoms with Crippen LogP contribution in [0.4, 0.5) is 5.69 Å². The fraction of sp³-hybridized carbons (Fsp3) is 0.250. The zero-order valence-corrected chi connectivity index (χ0v) is 15.5. The number of hydrogen-bond donors (Lipinski definition) is 1. The number of benzene rings is 1. The van der Waals surface area contributed by atoms with Crippen molar-refractivity contribution in [2.45, 2.75) is 18.7 Å². The van der Waals surface area contributed by atoms with Crippen LogP contribution in [0.2, 0.25) is 0 Å². The van der Waals surface area contributed by atoms with Crippen LogP contribution in [-0.2, 0) is 10.0 Å². The minimum atomic E-state index is -3.51. The van der Waals surface area contributed by atoms with Crippen molar-refractivity contribution in [3.8, 4) is 6.07 Å². The van der Waals surface area contributed by atoms with Gasteiger partial charge in [0.1, 0.15) is 16.6 Å². The molecular formula is C16H18N4O2S2. The Morgan fingerprint density at radius 1 is 1.38 bits per heavy atom. The molecule has 1 aromatic carbocycles. The van der Waals surface area contributed by atoms with Gasteiger partial charge in [0.15, 0.2) is 0 Å². The second-order valence-electron chi connectivity index (χ2n) is 5.37. The van der Waals surface area contributed by atoms with Crippen molar-refractivity contribution < 1.29 is 8.42 Å². The molecule has 1 heterocycles. The topological polar surface area (TPSA) is 86.1 Å². The van der Waals surface area contributed by atoms with E-state index in [4.69, 9.17) is 0 Å². The van der Waals surface area contributed by atoms with Crippen molar-refractivity contribution in [1.29, 1.82) is 5.26 Å². The highest BCUT2D eigenvalue weighted by Crippen LogP contribution is 2.24. The standard InChI is InChI=1S/C16H18N4O2S2/c1-11-5-6-14(24(21,22)20(3)4)7-15(11)18-9-13(8-17)16-19-12(2)10-23-16/h5-7,9-10,18H,1-4H3/b13-9+. The van der Waals surface area contributed by atoms with Crippen molar-refractivity contribution in [3.05, 3.63) is 46.0 Å². The maximum Gasteiger partial charge on any atom is 0.242 e. The van der Waals surface area contributed by atoms with Crippen molar-refractivity contribution in [2.24, 2.45) is 0 Å². The van der Waals surface area contributed by atoms with E-state index in [1.807, 2.05) is 19.2 Å². The Morgan fingerprint density at radius 2 is 2.08 bits per heavy atom. The van der Waals surface area contributed by atoms with Crippen LogP contribution in [0.1, 0.15) is 16.3 Å². The van der Waals surface area contributed by atoms with Gasteiger partial charge in [0.2, 0.25) is 10.0 Å². The summed E-state index contributed by atoms with van der Waals surface area (Å²) < 4.78 is 25.6. The molecule has 6 nitrogen and oxygen atoms in total. The number of thiazole rings is 1. The highest BCUT2D eigenvalue weighted by Gasteiger charge is 2.18. The number of aromatic nitrogens is 1. The maximum atomic E-state index is 12.2. The van der Waals surface area contributed by atoms with Crippen molar-refractivity contribution in [2.75, 3.05) is 19.4 Å². The van der Waals surface area contributed by atoms with E-state index in [2.05, 4.69) is 16.4 Å². The normalized spacial score (nSPS) is 12.2. The lowest BCUT2D eigenvalue weighted by atomic mass is 10.2. The van der Waals surface area contributed by atoms with Crippen LogP contribution in [0.3, 0.4) is 0 Å². The van der Waals surface area contributed by atoms with Crippen molar-refractivity contribution in [1.82, 2.24) is 9.29 Å². The Bertz CT molecular complexity index is 922. The van der Waals surface area contributed by atoms with Crippen LogP contribution < -0.4 is 5.32 Å². The molecule has 0 spiro atoms. The molecule has 0 aliphatic heterocycles. The number of nitriles is 1. The molecule has 1 N–H and O–H groups in total. The number of aryl methyl sites for hydroxylation is 2. The molecule has 0 saturated heterocycles. The molecule has 8 heteroatoms. The summed E-state index contributed by atoms with van der Waals surface area (Å²) in [7, 11) is -0.538. The molecule has 0 amide bonds. The van der Waals surface area contributed by atoms with Gasteiger partial charge in [-0.15, -0.1) is 11.3 Å². The monoisotopic (exact) mass is 362 g/mol. The molecule has 0 bridgehead atoms. The number of allylic oxidation sites excluding steroid dienone is 1. The summed E-state index contributed by atoms with van der Waals surface area (Å²) in [6.45, 7) is 3.73. The minimum absolute atomic E-state index is 0.192. The van der Waals surface area contributed by atoms with E-state index in [0.29, 0.717) is 16.3 Å². The summed E-state index contributed by atoms with van der Waals surface area (Å²) in [5, 5.41) is 14.8. The summed E-state index contributed by atoms with van der Waals surface area (Å²) in [6, 6.07) is 6.96. The number of sulfonamides is 1. The third-order valence-electron chi connectivity index (χ3n) is 3.33. The number of anilines is 1. The number of nitrogens with one attached hydrogen (secondary N) is 1. The predicted molar refractivity (Wildman–Crippen MR) is 96.1 cm³/mol. The van der Waals surface area contributed by atoms with Gasteiger partial charge < -0.3 is 5.32 Å². The molecule has 0 saturated carbocycles. The zero-order chi connectivity index (χ0) is 17.9. The lowest BCUT2D eigenvalue weighted by molar-refractivity contribution is 0.521. The molecule has 2 rings (SSSR count). The van der Waals surface area contributed by atoms with Gasteiger partial charge in [-0.2, -0.15) is 5.26 Å². The van der Waals surface area contributed by atoms with E-state index in [-0.39, 0.29) is 4.90 Å². The van der Waals surface area contributed by atoms with Gasteiger partial charge in [-0.3, -0.25) is 0 Å². The van der Waals surface area contributed by atoms with Crippen molar-refractivity contribution >= 4 is 32.6 Å². The lowest BCUT2D eigenvalue weighted by Gasteiger charge is -2.13. The molecule has 0 unspecified atom stereocenters. The fourth-order valence-corrected chi connectivity index (χ4v) is 3.59. The van der Waals surface area contributed by atoms with Crippen molar-refractivity contribution in [3.63, 3.8) is 0 Å². The number of nitrogens with zero attached hydrogens (tertiary/aromatic N) is 3. The maximum absolute atomic E-state index is 12.2. The molecule has 1 aromatic heterocycles. The van der Waals surface area contributed by atoms with Gasteiger partial charge in [-0.1, -0.05) is 6.07 Å². The summed E-state index contributed by atoms with van der Waals surface area (Å²) >= 11 is 1.39. The third-order valence-corrected chi connectivity index (χ3v) is 6.13. The van der Waals surface area contributed by atoms with Gasteiger partial charge in [-0.25, -0.2) is 17.7 Å². The number of hydrogen-bond acceptors (Lipinski definition) is 6. The predicted octanol–water partition coefficient (Wildman–Crippen LogP) is 2.99. The van der Waals surface area contributed by atoms with E-state index in [1.165, 1.54) is 25.4 Å². The molecule has 2 aromatic rings. The Balaban J connectivity index is 2.36. The van der Waals surface area contributed by atoms with Crippen LogP contribution in [0.5, 0.6) is 0 Å². The molecule has 0 aliphatic rings. The quantitative estimate of drug-likeness (QED) is 0.826. The summed E-state index contributed by atoms with van der Waals surface area (Å²) in [5.74, 6) is 0.